The van der Waals surface area contributed by atoms with Crippen molar-refractivity contribution >= 4 is 5.97 Å². The Hall–Kier alpha value is -1.59. The maximum atomic E-state index is 11.2. The van der Waals surface area contributed by atoms with Crippen molar-refractivity contribution in [2.24, 2.45) is 0 Å². The van der Waals surface area contributed by atoms with E-state index < -0.39 is 12.0 Å². The van der Waals surface area contributed by atoms with Crippen molar-refractivity contribution < 1.29 is 19.4 Å². The Morgan fingerprint density at radius 1 is 1.37 bits per heavy atom. The van der Waals surface area contributed by atoms with Gasteiger partial charge in [-0.05, 0) is 37.6 Å². The highest BCUT2D eigenvalue weighted by molar-refractivity contribution is 5.75. The summed E-state index contributed by atoms with van der Waals surface area (Å²) < 4.78 is 10.3. The highest BCUT2D eigenvalue weighted by Crippen LogP contribution is 2.18. The third-order valence-electron chi connectivity index (χ3n) is 2.65. The van der Waals surface area contributed by atoms with Crippen LogP contribution in [-0.4, -0.2) is 37.9 Å². The second-order valence-corrected chi connectivity index (χ2v) is 4.07. The summed E-state index contributed by atoms with van der Waals surface area (Å²) in [5.74, 6) is -0.142. The van der Waals surface area contributed by atoms with Crippen LogP contribution < -0.4 is 10.1 Å². The fourth-order valence-corrected chi connectivity index (χ4v) is 1.73. The van der Waals surface area contributed by atoms with Crippen LogP contribution in [0, 0.1) is 0 Å². The molecule has 0 radical (unpaired) electrons. The summed E-state index contributed by atoms with van der Waals surface area (Å²) in [7, 11) is 1.63. The zero-order valence-electron chi connectivity index (χ0n) is 11.4. The molecule has 1 atom stereocenters. The van der Waals surface area contributed by atoms with E-state index in [0.29, 0.717) is 25.3 Å². The minimum absolute atomic E-state index is 0.594. The van der Waals surface area contributed by atoms with Gasteiger partial charge in [0.25, 0.3) is 0 Å². The van der Waals surface area contributed by atoms with E-state index in [1.807, 2.05) is 6.92 Å². The number of rotatable bonds is 9. The van der Waals surface area contributed by atoms with Gasteiger partial charge in [-0.15, -0.1) is 0 Å². The third kappa shape index (κ3) is 5.28. The number of carboxylic acid groups (broad SMARTS) is 1. The monoisotopic (exact) mass is 267 g/mol. The molecule has 0 heterocycles. The number of hydrogen-bond acceptors (Lipinski definition) is 4. The van der Waals surface area contributed by atoms with Gasteiger partial charge in [0.1, 0.15) is 11.8 Å². The molecule has 0 aliphatic carbocycles. The molecule has 0 saturated carbocycles. The zero-order valence-corrected chi connectivity index (χ0v) is 11.4. The lowest BCUT2D eigenvalue weighted by Crippen LogP contribution is -2.29. The number of methoxy groups -OCH3 is 1. The topological polar surface area (TPSA) is 67.8 Å². The van der Waals surface area contributed by atoms with E-state index in [-0.39, 0.29) is 0 Å². The van der Waals surface area contributed by atoms with Gasteiger partial charge in [0.05, 0.1) is 6.61 Å². The molecular formula is C14H21NO4. The molecule has 0 aliphatic rings. The molecule has 1 aromatic rings. The molecule has 0 bridgehead atoms. The standard InChI is InChI=1S/C14H21NO4/c1-3-19-12-7-5-11(6-8-12)13(14(16)17)15-9-4-10-18-2/h5-8,13,15H,3-4,9-10H2,1-2H3,(H,16,17). The van der Waals surface area contributed by atoms with E-state index in [2.05, 4.69) is 5.32 Å². The first kappa shape index (κ1) is 15.5. The third-order valence-corrected chi connectivity index (χ3v) is 2.65. The van der Waals surface area contributed by atoms with E-state index in [0.717, 1.165) is 12.2 Å². The van der Waals surface area contributed by atoms with Crippen LogP contribution in [0.2, 0.25) is 0 Å². The summed E-state index contributed by atoms with van der Waals surface area (Å²) >= 11 is 0. The lowest BCUT2D eigenvalue weighted by molar-refractivity contribution is -0.139. The smallest absolute Gasteiger partial charge is 0.325 e. The predicted octanol–water partition coefficient (Wildman–Crippen LogP) is 1.84. The Balaban J connectivity index is 2.62. The molecule has 0 spiro atoms. The molecule has 19 heavy (non-hydrogen) atoms. The molecule has 0 amide bonds. The summed E-state index contributed by atoms with van der Waals surface area (Å²) in [6.45, 7) is 3.71. The predicted molar refractivity (Wildman–Crippen MR) is 72.5 cm³/mol. The Kier molecular flexibility index (Phi) is 6.92. The number of carbonyl (C=O) groups is 1. The molecule has 0 saturated heterocycles. The SMILES string of the molecule is CCOc1ccc(C(NCCCOC)C(=O)O)cc1. The molecule has 106 valence electrons. The molecule has 0 aromatic heterocycles. The zero-order chi connectivity index (χ0) is 14.1. The van der Waals surface area contributed by atoms with E-state index in [1.54, 1.807) is 31.4 Å². The van der Waals surface area contributed by atoms with E-state index in [9.17, 15) is 9.90 Å². The molecule has 0 aliphatic heterocycles. The van der Waals surface area contributed by atoms with Crippen molar-refractivity contribution in [1.82, 2.24) is 5.32 Å². The molecule has 2 N–H and O–H groups in total. The normalized spacial score (nSPS) is 12.1. The lowest BCUT2D eigenvalue weighted by atomic mass is 10.1. The van der Waals surface area contributed by atoms with Gasteiger partial charge in [-0.2, -0.15) is 0 Å². The van der Waals surface area contributed by atoms with Gasteiger partial charge in [-0.1, -0.05) is 12.1 Å². The van der Waals surface area contributed by atoms with E-state index in [1.165, 1.54) is 0 Å². The van der Waals surface area contributed by atoms with Crippen molar-refractivity contribution in [3.8, 4) is 5.75 Å². The second kappa shape index (κ2) is 8.50. The van der Waals surface area contributed by atoms with E-state index >= 15 is 0 Å². The van der Waals surface area contributed by atoms with Gasteiger partial charge in [-0.25, -0.2) is 0 Å². The summed E-state index contributed by atoms with van der Waals surface area (Å²) in [5, 5.41) is 12.2. The van der Waals surface area contributed by atoms with Gasteiger partial charge >= 0.3 is 5.97 Å². The van der Waals surface area contributed by atoms with E-state index in [4.69, 9.17) is 9.47 Å². The van der Waals surface area contributed by atoms with Gasteiger partial charge < -0.3 is 19.9 Å². The largest absolute Gasteiger partial charge is 0.494 e. The summed E-state index contributed by atoms with van der Waals surface area (Å²) in [4.78, 5) is 11.2. The number of benzene rings is 1. The van der Waals surface area contributed by atoms with Crippen molar-refractivity contribution in [3.05, 3.63) is 29.8 Å². The van der Waals surface area contributed by atoms with Crippen LogP contribution in [-0.2, 0) is 9.53 Å². The highest BCUT2D eigenvalue weighted by Gasteiger charge is 2.18. The minimum Gasteiger partial charge on any atom is -0.494 e. The molecule has 1 rings (SSSR count). The van der Waals surface area contributed by atoms with Gasteiger partial charge in [0.15, 0.2) is 0 Å². The number of ether oxygens (including phenoxy) is 2. The van der Waals surface area contributed by atoms with Crippen molar-refractivity contribution in [3.63, 3.8) is 0 Å². The van der Waals surface area contributed by atoms with Crippen LogP contribution in [0.1, 0.15) is 24.9 Å². The van der Waals surface area contributed by atoms with Crippen LogP contribution in [0.3, 0.4) is 0 Å². The molecular weight excluding hydrogens is 246 g/mol. The summed E-state index contributed by atoms with van der Waals surface area (Å²) in [6.07, 6.45) is 0.775. The first-order valence-electron chi connectivity index (χ1n) is 6.37. The molecule has 0 fully saturated rings. The van der Waals surface area contributed by atoms with Crippen LogP contribution in [0.15, 0.2) is 24.3 Å². The van der Waals surface area contributed by atoms with Gasteiger partial charge in [-0.3, -0.25) is 4.79 Å². The first-order chi connectivity index (χ1) is 9.19. The Labute approximate surface area is 113 Å². The Bertz CT molecular complexity index is 378. The Morgan fingerprint density at radius 3 is 2.58 bits per heavy atom. The van der Waals surface area contributed by atoms with Gasteiger partial charge in [0.2, 0.25) is 0 Å². The number of hydrogen-bond donors (Lipinski definition) is 2. The number of nitrogens with one attached hydrogen (secondary N) is 1. The summed E-state index contributed by atoms with van der Waals surface area (Å²) in [5.41, 5.74) is 0.716. The maximum Gasteiger partial charge on any atom is 0.325 e. The highest BCUT2D eigenvalue weighted by atomic mass is 16.5. The average molecular weight is 267 g/mol. The molecule has 5 nitrogen and oxygen atoms in total. The van der Waals surface area contributed by atoms with Crippen LogP contribution >= 0.6 is 0 Å². The van der Waals surface area contributed by atoms with Crippen molar-refractivity contribution in [2.75, 3.05) is 26.9 Å². The average Bonchev–Trinajstić information content (AvgIpc) is 2.40. The number of aliphatic carboxylic acids is 1. The fraction of sp³-hybridized carbons (Fsp3) is 0.500. The first-order valence-corrected chi connectivity index (χ1v) is 6.37. The quantitative estimate of drug-likeness (QED) is 0.668. The lowest BCUT2D eigenvalue weighted by Gasteiger charge is -2.15. The molecule has 1 unspecified atom stereocenters. The second-order valence-electron chi connectivity index (χ2n) is 4.07. The van der Waals surface area contributed by atoms with Crippen LogP contribution in [0.25, 0.3) is 0 Å². The molecule has 5 heteroatoms. The van der Waals surface area contributed by atoms with Crippen LogP contribution in [0.5, 0.6) is 5.75 Å². The number of carboxylic acids is 1. The van der Waals surface area contributed by atoms with Crippen molar-refractivity contribution in [2.45, 2.75) is 19.4 Å². The van der Waals surface area contributed by atoms with Gasteiger partial charge in [0, 0.05) is 13.7 Å². The maximum absolute atomic E-state index is 11.2. The minimum atomic E-state index is -0.887. The Morgan fingerprint density at radius 2 is 2.05 bits per heavy atom. The fourth-order valence-electron chi connectivity index (χ4n) is 1.73. The molecule has 1 aromatic carbocycles. The van der Waals surface area contributed by atoms with Crippen LogP contribution in [0.4, 0.5) is 0 Å². The summed E-state index contributed by atoms with van der Waals surface area (Å²) in [6, 6.07) is 6.41. The van der Waals surface area contributed by atoms with Crippen molar-refractivity contribution in [1.29, 1.82) is 0 Å².